The van der Waals surface area contributed by atoms with Gasteiger partial charge < -0.3 is 9.47 Å². The second-order valence-electron chi connectivity index (χ2n) is 5.81. The van der Waals surface area contributed by atoms with Crippen molar-refractivity contribution in [1.82, 2.24) is 0 Å². The minimum Gasteiger partial charge on any atom is -0.497 e. The molecule has 0 N–H and O–H groups in total. The lowest BCUT2D eigenvalue weighted by Gasteiger charge is -2.39. The second-order valence-corrected chi connectivity index (χ2v) is 6.57. The Kier molecular flexibility index (Phi) is 6.15. The summed E-state index contributed by atoms with van der Waals surface area (Å²) in [6.07, 6.45) is 6.38. The molecule has 1 aromatic rings. The molecule has 0 heterocycles. The molecule has 0 spiro atoms. The van der Waals surface area contributed by atoms with E-state index in [9.17, 15) is 0 Å². The van der Waals surface area contributed by atoms with Crippen LogP contribution in [-0.4, -0.2) is 17.1 Å². The predicted molar refractivity (Wildman–Crippen MR) is 91.7 cm³/mol. The van der Waals surface area contributed by atoms with Crippen molar-refractivity contribution in [3.8, 4) is 5.75 Å². The Labute approximate surface area is 136 Å². The van der Waals surface area contributed by atoms with Gasteiger partial charge in [-0.1, -0.05) is 48.1 Å². The van der Waals surface area contributed by atoms with Gasteiger partial charge in [-0.3, -0.25) is 0 Å². The van der Waals surface area contributed by atoms with Crippen molar-refractivity contribution in [1.29, 1.82) is 0 Å². The van der Waals surface area contributed by atoms with Crippen LogP contribution in [-0.2, 0) is 11.3 Å². The maximum absolute atomic E-state index is 6.32. The maximum atomic E-state index is 6.32. The largest absolute Gasteiger partial charge is 0.497 e. The Morgan fingerprint density at radius 2 is 1.85 bits per heavy atom. The van der Waals surface area contributed by atoms with Gasteiger partial charge in [0.1, 0.15) is 5.75 Å². The van der Waals surface area contributed by atoms with Crippen LogP contribution in [0.2, 0.25) is 0 Å². The van der Waals surface area contributed by atoms with Crippen LogP contribution in [0.15, 0.2) is 24.3 Å². The lowest BCUT2D eigenvalue weighted by atomic mass is 9.79. The summed E-state index contributed by atoms with van der Waals surface area (Å²) in [4.78, 5) is 0. The standard InChI is InChI=1S/C17H25IO2/c1-3-14-8-10-17(13-18,11-9-14)20-12-15-4-6-16(19-2)7-5-15/h4-7,14H,3,8-13H2,1-2H3. The lowest BCUT2D eigenvalue weighted by Crippen LogP contribution is -2.38. The first kappa shape index (κ1) is 16.1. The van der Waals surface area contributed by atoms with Crippen LogP contribution in [0.25, 0.3) is 0 Å². The van der Waals surface area contributed by atoms with Crippen LogP contribution < -0.4 is 4.74 Å². The summed E-state index contributed by atoms with van der Waals surface area (Å²) < 4.78 is 12.6. The first-order chi connectivity index (χ1) is 9.71. The highest BCUT2D eigenvalue weighted by atomic mass is 127. The molecule has 0 bridgehead atoms. The molecule has 0 amide bonds. The summed E-state index contributed by atoms with van der Waals surface area (Å²) in [7, 11) is 1.70. The van der Waals surface area contributed by atoms with Crippen molar-refractivity contribution < 1.29 is 9.47 Å². The van der Waals surface area contributed by atoms with Crippen LogP contribution in [0.3, 0.4) is 0 Å². The predicted octanol–water partition coefficient (Wildman–Crippen LogP) is 4.99. The molecule has 1 saturated carbocycles. The summed E-state index contributed by atoms with van der Waals surface area (Å²) >= 11 is 2.49. The van der Waals surface area contributed by atoms with E-state index in [1.807, 2.05) is 12.1 Å². The molecule has 1 aliphatic rings. The van der Waals surface area contributed by atoms with Gasteiger partial charge in [-0.25, -0.2) is 0 Å². The summed E-state index contributed by atoms with van der Waals surface area (Å²) in [6, 6.07) is 8.20. The molecular weight excluding hydrogens is 363 g/mol. The van der Waals surface area contributed by atoms with Crippen molar-refractivity contribution in [2.75, 3.05) is 11.5 Å². The molecule has 2 rings (SSSR count). The molecule has 3 heteroatoms. The first-order valence-corrected chi connectivity index (χ1v) is 9.07. The zero-order valence-corrected chi connectivity index (χ0v) is 14.7. The third-order valence-corrected chi connectivity index (χ3v) is 5.93. The average molecular weight is 388 g/mol. The van der Waals surface area contributed by atoms with Gasteiger partial charge in [0.05, 0.1) is 19.3 Å². The number of benzene rings is 1. The van der Waals surface area contributed by atoms with Gasteiger partial charge in [-0.2, -0.15) is 0 Å². The van der Waals surface area contributed by atoms with E-state index in [2.05, 4.69) is 41.6 Å². The quantitative estimate of drug-likeness (QED) is 0.505. The molecule has 1 aromatic carbocycles. The first-order valence-electron chi connectivity index (χ1n) is 7.54. The molecule has 2 nitrogen and oxygen atoms in total. The van der Waals surface area contributed by atoms with E-state index in [-0.39, 0.29) is 5.60 Å². The van der Waals surface area contributed by atoms with Crippen molar-refractivity contribution in [3.63, 3.8) is 0 Å². The van der Waals surface area contributed by atoms with Gasteiger partial charge in [0.15, 0.2) is 0 Å². The topological polar surface area (TPSA) is 18.5 Å². The summed E-state index contributed by atoms with van der Waals surface area (Å²) in [5, 5.41) is 0. The van der Waals surface area contributed by atoms with Crippen molar-refractivity contribution in [3.05, 3.63) is 29.8 Å². The minimum atomic E-state index is 0.103. The van der Waals surface area contributed by atoms with Crippen LogP contribution in [0.4, 0.5) is 0 Å². The Morgan fingerprint density at radius 1 is 1.20 bits per heavy atom. The number of methoxy groups -OCH3 is 1. The number of hydrogen-bond acceptors (Lipinski definition) is 2. The number of rotatable bonds is 6. The van der Waals surface area contributed by atoms with Gasteiger partial charge in [0.25, 0.3) is 0 Å². The Morgan fingerprint density at radius 3 is 2.35 bits per heavy atom. The molecular formula is C17H25IO2. The normalized spacial score (nSPS) is 26.4. The Hall–Kier alpha value is -0.290. The lowest BCUT2D eigenvalue weighted by molar-refractivity contribution is -0.0690. The van der Waals surface area contributed by atoms with Crippen LogP contribution in [0.1, 0.15) is 44.6 Å². The van der Waals surface area contributed by atoms with Gasteiger partial charge >= 0.3 is 0 Å². The Balaban J connectivity index is 1.90. The monoisotopic (exact) mass is 388 g/mol. The van der Waals surface area contributed by atoms with Crippen LogP contribution in [0.5, 0.6) is 5.75 Å². The minimum absolute atomic E-state index is 0.103. The molecule has 1 fully saturated rings. The fraction of sp³-hybridized carbons (Fsp3) is 0.647. The smallest absolute Gasteiger partial charge is 0.118 e. The fourth-order valence-corrected chi connectivity index (χ4v) is 3.87. The third kappa shape index (κ3) is 4.10. The molecule has 112 valence electrons. The molecule has 0 saturated heterocycles. The molecule has 0 radical (unpaired) electrons. The van der Waals surface area contributed by atoms with E-state index < -0.39 is 0 Å². The number of halogens is 1. The van der Waals surface area contributed by atoms with Crippen LogP contribution >= 0.6 is 22.6 Å². The third-order valence-electron chi connectivity index (χ3n) is 4.54. The highest BCUT2D eigenvalue weighted by Crippen LogP contribution is 2.38. The maximum Gasteiger partial charge on any atom is 0.118 e. The molecule has 0 aromatic heterocycles. The molecule has 0 aliphatic heterocycles. The van der Waals surface area contributed by atoms with E-state index in [0.717, 1.165) is 16.1 Å². The van der Waals surface area contributed by atoms with E-state index in [4.69, 9.17) is 9.47 Å². The van der Waals surface area contributed by atoms with Gasteiger partial charge in [-0.15, -0.1) is 0 Å². The number of ether oxygens (including phenoxy) is 2. The molecule has 0 unspecified atom stereocenters. The van der Waals surface area contributed by atoms with Crippen molar-refractivity contribution >= 4 is 22.6 Å². The highest BCUT2D eigenvalue weighted by molar-refractivity contribution is 14.1. The van der Waals surface area contributed by atoms with Gasteiger partial charge in [0, 0.05) is 4.43 Å². The molecule has 0 atom stereocenters. The average Bonchev–Trinajstić information content (AvgIpc) is 2.54. The molecule has 20 heavy (non-hydrogen) atoms. The summed E-state index contributed by atoms with van der Waals surface area (Å²) in [6.45, 7) is 3.02. The second kappa shape index (κ2) is 7.64. The summed E-state index contributed by atoms with van der Waals surface area (Å²) in [5.74, 6) is 1.82. The molecule has 1 aliphatic carbocycles. The number of hydrogen-bond donors (Lipinski definition) is 0. The van der Waals surface area contributed by atoms with E-state index in [1.54, 1.807) is 7.11 Å². The van der Waals surface area contributed by atoms with Crippen molar-refractivity contribution in [2.45, 2.75) is 51.2 Å². The van der Waals surface area contributed by atoms with E-state index in [0.29, 0.717) is 6.61 Å². The fourth-order valence-electron chi connectivity index (χ4n) is 2.89. The highest BCUT2D eigenvalue weighted by Gasteiger charge is 2.34. The zero-order valence-electron chi connectivity index (χ0n) is 12.5. The number of alkyl halides is 1. The van der Waals surface area contributed by atoms with Gasteiger partial charge in [-0.05, 0) is 49.3 Å². The van der Waals surface area contributed by atoms with Gasteiger partial charge in [0.2, 0.25) is 0 Å². The van der Waals surface area contributed by atoms with E-state index in [1.165, 1.54) is 37.7 Å². The Bertz CT molecular complexity index is 394. The van der Waals surface area contributed by atoms with Crippen molar-refractivity contribution in [2.24, 2.45) is 5.92 Å². The zero-order chi connectivity index (χ0) is 14.4. The summed E-state index contributed by atoms with van der Waals surface area (Å²) in [5.41, 5.74) is 1.33. The SMILES string of the molecule is CCC1CCC(CI)(OCc2ccc(OC)cc2)CC1. The van der Waals surface area contributed by atoms with E-state index >= 15 is 0 Å². The van der Waals surface area contributed by atoms with Crippen LogP contribution in [0, 0.1) is 5.92 Å².